The van der Waals surface area contributed by atoms with Crippen molar-refractivity contribution in [2.24, 2.45) is 5.41 Å². The molecule has 0 bridgehead atoms. The molecule has 0 aliphatic heterocycles. The Morgan fingerprint density at radius 2 is 2.08 bits per heavy atom. The van der Waals surface area contributed by atoms with Crippen molar-refractivity contribution in [3.05, 3.63) is 30.0 Å². The summed E-state index contributed by atoms with van der Waals surface area (Å²) in [6.07, 6.45) is 3.99. The lowest BCUT2D eigenvalue weighted by Gasteiger charge is -2.15. The molecule has 5 nitrogen and oxygen atoms in total. The molecular formula is C18H26N2O3S. The van der Waals surface area contributed by atoms with E-state index in [0.29, 0.717) is 6.61 Å². The van der Waals surface area contributed by atoms with Crippen LogP contribution in [0.3, 0.4) is 0 Å². The van der Waals surface area contributed by atoms with Crippen molar-refractivity contribution in [1.82, 2.24) is 8.87 Å². The summed E-state index contributed by atoms with van der Waals surface area (Å²) in [4.78, 5) is 13.2. The summed E-state index contributed by atoms with van der Waals surface area (Å²) in [6, 6.07) is 6.08. The Morgan fingerprint density at radius 3 is 2.71 bits per heavy atom. The molecule has 2 rings (SSSR count). The van der Waals surface area contributed by atoms with Crippen LogP contribution in [0.25, 0.3) is 10.9 Å². The number of hydrogen-bond acceptors (Lipinski definition) is 5. The normalized spacial score (nSPS) is 12.1. The second kappa shape index (κ2) is 8.05. The van der Waals surface area contributed by atoms with E-state index in [1.807, 2.05) is 30.0 Å². The van der Waals surface area contributed by atoms with E-state index in [9.17, 15) is 4.79 Å². The van der Waals surface area contributed by atoms with E-state index in [1.54, 1.807) is 7.11 Å². The van der Waals surface area contributed by atoms with Gasteiger partial charge in [0.1, 0.15) is 24.3 Å². The van der Waals surface area contributed by atoms with Gasteiger partial charge < -0.3 is 14.4 Å². The highest BCUT2D eigenvalue weighted by molar-refractivity contribution is 7.93. The number of likely N-dealkylation sites (N-methyl/N-ethyl adjacent to an activating group) is 1. The largest absolute Gasteiger partial charge is 0.497 e. The van der Waals surface area contributed by atoms with E-state index in [0.717, 1.165) is 30.5 Å². The number of methoxy groups -OCH3 is 1. The third-order valence-electron chi connectivity index (χ3n) is 3.77. The molecule has 6 heteroatoms. The summed E-state index contributed by atoms with van der Waals surface area (Å²) in [5.41, 5.74) is 1.84. The SMILES string of the molecule is COc1ccc2c(CCN(C)C)cn(SOCC(C)(C)C=O)c2c1. The highest BCUT2D eigenvalue weighted by atomic mass is 32.2. The van der Waals surface area contributed by atoms with E-state index >= 15 is 0 Å². The molecule has 132 valence electrons. The van der Waals surface area contributed by atoms with Crippen LogP contribution in [0.1, 0.15) is 19.4 Å². The predicted molar refractivity (Wildman–Crippen MR) is 99.5 cm³/mol. The van der Waals surface area contributed by atoms with E-state index in [-0.39, 0.29) is 0 Å². The molecular weight excluding hydrogens is 324 g/mol. The van der Waals surface area contributed by atoms with Crippen molar-refractivity contribution in [1.29, 1.82) is 0 Å². The quantitative estimate of drug-likeness (QED) is 0.512. The van der Waals surface area contributed by atoms with Crippen molar-refractivity contribution in [3.63, 3.8) is 0 Å². The van der Waals surface area contributed by atoms with E-state index < -0.39 is 5.41 Å². The molecule has 24 heavy (non-hydrogen) atoms. The highest BCUT2D eigenvalue weighted by Crippen LogP contribution is 2.30. The van der Waals surface area contributed by atoms with Gasteiger partial charge in [-0.1, -0.05) is 13.8 Å². The second-order valence-electron chi connectivity index (χ2n) is 6.86. The van der Waals surface area contributed by atoms with Crippen LogP contribution < -0.4 is 4.74 Å². The maximum absolute atomic E-state index is 11.0. The van der Waals surface area contributed by atoms with Gasteiger partial charge >= 0.3 is 0 Å². The summed E-state index contributed by atoms with van der Waals surface area (Å²) in [5.74, 6) is 0.815. The second-order valence-corrected chi connectivity index (χ2v) is 7.64. The summed E-state index contributed by atoms with van der Waals surface area (Å²) in [7, 11) is 5.81. The van der Waals surface area contributed by atoms with Gasteiger partial charge in [-0.25, -0.2) is 0 Å². The molecule has 0 radical (unpaired) electrons. The van der Waals surface area contributed by atoms with Crippen molar-refractivity contribution in [2.45, 2.75) is 20.3 Å². The molecule has 1 heterocycles. The first-order chi connectivity index (χ1) is 11.4. The van der Waals surface area contributed by atoms with Crippen LogP contribution in [0, 0.1) is 5.41 Å². The first-order valence-corrected chi connectivity index (χ1v) is 8.65. The van der Waals surface area contributed by atoms with Crippen LogP contribution >= 0.6 is 12.2 Å². The number of ether oxygens (including phenoxy) is 1. The van der Waals surface area contributed by atoms with Crippen molar-refractivity contribution >= 4 is 29.4 Å². The molecule has 2 aromatic rings. The van der Waals surface area contributed by atoms with Crippen LogP contribution in [-0.4, -0.2) is 49.5 Å². The van der Waals surface area contributed by atoms with Gasteiger partial charge in [-0.3, -0.25) is 8.16 Å². The fourth-order valence-corrected chi connectivity index (χ4v) is 3.12. The van der Waals surface area contributed by atoms with Crippen LogP contribution in [0.5, 0.6) is 5.75 Å². The lowest BCUT2D eigenvalue weighted by molar-refractivity contribution is -0.115. The topological polar surface area (TPSA) is 43.7 Å². The molecule has 0 aliphatic rings. The number of hydrogen-bond donors (Lipinski definition) is 0. The summed E-state index contributed by atoms with van der Waals surface area (Å²) >= 11 is 1.26. The zero-order valence-corrected chi connectivity index (χ0v) is 15.9. The minimum Gasteiger partial charge on any atom is -0.497 e. The average molecular weight is 350 g/mol. The lowest BCUT2D eigenvalue weighted by Crippen LogP contribution is -2.19. The van der Waals surface area contributed by atoms with Gasteiger partial charge in [0.2, 0.25) is 0 Å². The van der Waals surface area contributed by atoms with Crippen LogP contribution in [0.15, 0.2) is 24.4 Å². The number of benzene rings is 1. The minimum absolute atomic E-state index is 0.359. The smallest absolute Gasteiger partial charge is 0.127 e. The molecule has 0 spiro atoms. The molecule has 0 fully saturated rings. The number of fused-ring (bicyclic) bond motifs is 1. The molecule has 0 saturated heterocycles. The first-order valence-electron chi connectivity index (χ1n) is 7.95. The van der Waals surface area contributed by atoms with Crippen LogP contribution in [-0.2, 0) is 15.4 Å². The molecule has 0 N–H and O–H groups in total. The molecule has 0 atom stereocenters. The number of aromatic nitrogens is 1. The highest BCUT2D eigenvalue weighted by Gasteiger charge is 2.18. The Kier molecular flexibility index (Phi) is 6.32. The summed E-state index contributed by atoms with van der Waals surface area (Å²) in [5, 5.41) is 1.20. The third-order valence-corrected chi connectivity index (χ3v) is 4.46. The summed E-state index contributed by atoms with van der Waals surface area (Å²) in [6.45, 7) is 5.06. The molecule has 0 unspecified atom stereocenters. The molecule has 1 aromatic carbocycles. The van der Waals surface area contributed by atoms with E-state index in [4.69, 9.17) is 8.92 Å². The molecule has 0 amide bonds. The maximum Gasteiger partial charge on any atom is 0.127 e. The van der Waals surface area contributed by atoms with Crippen molar-refractivity contribution in [3.8, 4) is 5.75 Å². The van der Waals surface area contributed by atoms with Crippen LogP contribution in [0.2, 0.25) is 0 Å². The van der Waals surface area contributed by atoms with E-state index in [2.05, 4.69) is 31.3 Å². The Balaban J connectivity index is 2.24. The lowest BCUT2D eigenvalue weighted by atomic mass is 9.98. The Hall–Kier alpha value is -1.50. The molecule has 0 aliphatic carbocycles. The average Bonchev–Trinajstić information content (AvgIpc) is 2.90. The van der Waals surface area contributed by atoms with Gasteiger partial charge in [0.25, 0.3) is 0 Å². The van der Waals surface area contributed by atoms with Crippen molar-refractivity contribution in [2.75, 3.05) is 34.4 Å². The zero-order valence-electron chi connectivity index (χ0n) is 15.0. The fraction of sp³-hybridized carbons (Fsp3) is 0.500. The Labute approximate surface area is 148 Å². The third kappa shape index (κ3) is 4.75. The predicted octanol–water partition coefficient (Wildman–Crippen LogP) is 3.41. The Morgan fingerprint density at radius 1 is 1.33 bits per heavy atom. The van der Waals surface area contributed by atoms with Gasteiger partial charge in [0.05, 0.1) is 19.2 Å². The minimum atomic E-state index is -0.485. The van der Waals surface area contributed by atoms with Gasteiger partial charge in [-0.05, 0) is 38.2 Å². The number of nitrogens with zero attached hydrogens (tertiary/aromatic N) is 2. The Bertz CT molecular complexity index is 695. The summed E-state index contributed by atoms with van der Waals surface area (Å²) < 4.78 is 13.0. The number of carbonyl (C=O) groups is 1. The van der Waals surface area contributed by atoms with E-state index in [1.165, 1.54) is 23.2 Å². The number of aldehydes is 1. The monoisotopic (exact) mass is 350 g/mol. The fourth-order valence-electron chi connectivity index (χ4n) is 2.25. The molecule has 1 aromatic heterocycles. The number of rotatable bonds is 9. The van der Waals surface area contributed by atoms with Crippen LogP contribution in [0.4, 0.5) is 0 Å². The van der Waals surface area contributed by atoms with Gasteiger partial charge in [-0.2, -0.15) is 0 Å². The standard InChI is InChI=1S/C18H26N2O3S/c1-18(2,12-21)13-23-24-20-11-14(8-9-19(3)4)16-7-6-15(22-5)10-17(16)20/h6-7,10-12H,8-9,13H2,1-5H3. The zero-order chi connectivity index (χ0) is 17.7. The van der Waals surface area contributed by atoms with Crippen molar-refractivity contribution < 1.29 is 13.7 Å². The maximum atomic E-state index is 11.0. The first kappa shape index (κ1) is 18.8. The number of carbonyl (C=O) groups excluding carboxylic acids is 1. The van der Waals surface area contributed by atoms with Gasteiger partial charge in [0.15, 0.2) is 0 Å². The van der Waals surface area contributed by atoms with Gasteiger partial charge in [-0.15, -0.1) is 0 Å². The van der Waals surface area contributed by atoms with Gasteiger partial charge in [0, 0.05) is 29.6 Å². The molecule has 0 saturated carbocycles.